The summed E-state index contributed by atoms with van der Waals surface area (Å²) in [5.74, 6) is 0.692. The van der Waals surface area contributed by atoms with Gasteiger partial charge < -0.3 is 13.7 Å². The van der Waals surface area contributed by atoms with E-state index in [0.29, 0.717) is 5.82 Å². The fourth-order valence-electron chi connectivity index (χ4n) is 9.94. The highest BCUT2D eigenvalue weighted by molar-refractivity contribution is 6.27. The number of benzene rings is 9. The monoisotopic (exact) mass is 803 g/mol. The summed E-state index contributed by atoms with van der Waals surface area (Å²) in [5.41, 5.74) is 15.1. The van der Waals surface area contributed by atoms with Crippen molar-refractivity contribution in [2.75, 3.05) is 0 Å². The third-order valence-electron chi connectivity index (χ3n) is 12.6. The molecule has 294 valence electrons. The summed E-state index contributed by atoms with van der Waals surface area (Å²) in [6.45, 7) is 0. The number of nitrogens with zero attached hydrogens (tertiary/aromatic N) is 5. The van der Waals surface area contributed by atoms with E-state index in [1.165, 1.54) is 49.0 Å². The van der Waals surface area contributed by atoms with E-state index in [9.17, 15) is 0 Å². The first-order valence-electron chi connectivity index (χ1n) is 21.4. The molecule has 4 heterocycles. The molecule has 0 atom stereocenters. The van der Waals surface area contributed by atoms with Crippen LogP contribution in [-0.2, 0) is 0 Å². The van der Waals surface area contributed by atoms with E-state index in [0.717, 1.165) is 61.6 Å². The molecule has 0 fully saturated rings. The van der Waals surface area contributed by atoms with Crippen molar-refractivity contribution in [3.05, 3.63) is 224 Å². The fraction of sp³-hybridized carbons (Fsp3) is 0. The van der Waals surface area contributed by atoms with Crippen molar-refractivity contribution in [3.8, 4) is 51.0 Å². The van der Waals surface area contributed by atoms with E-state index in [1.807, 2.05) is 24.3 Å². The molecule has 0 unspecified atom stereocenters. The summed E-state index contributed by atoms with van der Waals surface area (Å²) >= 11 is 0. The van der Waals surface area contributed by atoms with Crippen LogP contribution in [0.3, 0.4) is 0 Å². The van der Waals surface area contributed by atoms with Crippen molar-refractivity contribution in [2.45, 2.75) is 0 Å². The Balaban J connectivity index is 1.14. The van der Waals surface area contributed by atoms with Gasteiger partial charge in [0.2, 0.25) is 0 Å². The van der Waals surface area contributed by atoms with Crippen molar-refractivity contribution in [1.82, 2.24) is 23.7 Å². The Kier molecular flexibility index (Phi) is 7.84. The second kappa shape index (κ2) is 14.0. The zero-order valence-electron chi connectivity index (χ0n) is 34.1. The van der Waals surface area contributed by atoms with Crippen LogP contribution in [0.15, 0.2) is 224 Å². The lowest BCUT2D eigenvalue weighted by molar-refractivity contribution is 1.16. The van der Waals surface area contributed by atoms with Crippen LogP contribution in [0, 0.1) is 0 Å². The van der Waals surface area contributed by atoms with Crippen LogP contribution >= 0.6 is 0 Å². The van der Waals surface area contributed by atoms with Gasteiger partial charge in [-0.15, -0.1) is 0 Å². The molecule has 0 N–H and O–H groups in total. The van der Waals surface area contributed by atoms with E-state index in [-0.39, 0.29) is 0 Å². The maximum Gasteiger partial charge on any atom is 0.160 e. The number of hydrogen-bond acceptors (Lipinski definition) is 2. The molecular formula is C58H37N5. The zero-order valence-corrected chi connectivity index (χ0v) is 34.1. The summed E-state index contributed by atoms with van der Waals surface area (Å²) in [6, 6.07) is 80.2. The van der Waals surface area contributed by atoms with Gasteiger partial charge in [-0.2, -0.15) is 0 Å². The van der Waals surface area contributed by atoms with Crippen LogP contribution < -0.4 is 0 Å². The molecule has 0 saturated carbocycles. The minimum atomic E-state index is 0.692. The average Bonchev–Trinajstić information content (AvgIpc) is 4.00. The Labute approximate surface area is 363 Å². The van der Waals surface area contributed by atoms with Crippen molar-refractivity contribution < 1.29 is 0 Å². The van der Waals surface area contributed by atoms with Crippen LogP contribution in [0.1, 0.15) is 0 Å². The lowest BCUT2D eigenvalue weighted by Crippen LogP contribution is -1.99. The molecule has 0 aliphatic heterocycles. The normalized spacial score (nSPS) is 11.8. The largest absolute Gasteiger partial charge is 0.309 e. The maximum atomic E-state index is 5.36. The van der Waals surface area contributed by atoms with Crippen molar-refractivity contribution in [2.24, 2.45) is 0 Å². The Hall–Kier alpha value is -8.54. The van der Waals surface area contributed by atoms with Crippen molar-refractivity contribution >= 4 is 65.4 Å². The lowest BCUT2D eigenvalue weighted by Gasteiger charge is -2.13. The second-order valence-electron chi connectivity index (χ2n) is 16.2. The molecule has 0 bridgehead atoms. The standard InChI is InChI=1S/C58H37N5/c1-5-18-38(19-6-1)49-37-50(60-58(59-49)39-20-7-2-8-21-39)46-28-17-29-47-55-54(62(56(46)47)41-24-11-4-12-25-41)35-33-45-43-26-13-16-31-52(43)63(57(45)55)42-32-34-53-48(36-42)44-27-14-15-30-51(44)61(53)40-22-9-3-10-23-40/h1-37H. The van der Waals surface area contributed by atoms with Crippen LogP contribution in [0.2, 0.25) is 0 Å². The SMILES string of the molecule is c1ccc(-c2cc(-c3cccc4c5c(ccc6c7ccccc7n(-c7ccc8c(c7)c7ccccc7n8-c7ccccc7)c65)n(-c5ccccc5)c34)nc(-c3ccccc3)n2)cc1. The van der Waals surface area contributed by atoms with Gasteiger partial charge in [-0.25, -0.2) is 9.97 Å². The average molecular weight is 804 g/mol. The number of aromatic nitrogens is 5. The van der Waals surface area contributed by atoms with Crippen molar-refractivity contribution in [1.29, 1.82) is 0 Å². The number of hydrogen-bond donors (Lipinski definition) is 0. The molecule has 9 aromatic carbocycles. The third kappa shape index (κ3) is 5.43. The van der Waals surface area contributed by atoms with Gasteiger partial charge in [0, 0.05) is 66.1 Å². The summed E-state index contributed by atoms with van der Waals surface area (Å²) in [4.78, 5) is 10.5. The molecule has 63 heavy (non-hydrogen) atoms. The predicted octanol–water partition coefficient (Wildman–Crippen LogP) is 14.8. The number of fused-ring (bicyclic) bond motifs is 10. The van der Waals surface area contributed by atoms with Crippen molar-refractivity contribution in [3.63, 3.8) is 0 Å². The highest BCUT2D eigenvalue weighted by Gasteiger charge is 2.24. The van der Waals surface area contributed by atoms with Gasteiger partial charge >= 0.3 is 0 Å². The molecule has 0 aliphatic carbocycles. The van der Waals surface area contributed by atoms with Gasteiger partial charge in [0.1, 0.15) is 0 Å². The summed E-state index contributed by atoms with van der Waals surface area (Å²) in [6.07, 6.45) is 0. The molecule has 5 heteroatoms. The van der Waals surface area contributed by atoms with Gasteiger partial charge in [-0.1, -0.05) is 158 Å². The smallest absolute Gasteiger partial charge is 0.160 e. The number of rotatable bonds is 6. The van der Waals surface area contributed by atoms with Gasteiger partial charge in [0.15, 0.2) is 5.82 Å². The van der Waals surface area contributed by atoms with E-state index < -0.39 is 0 Å². The first-order valence-corrected chi connectivity index (χ1v) is 21.4. The molecule has 0 amide bonds. The zero-order chi connectivity index (χ0) is 41.4. The summed E-state index contributed by atoms with van der Waals surface area (Å²) < 4.78 is 7.31. The van der Waals surface area contributed by atoms with Gasteiger partial charge in [0.05, 0.1) is 44.5 Å². The van der Waals surface area contributed by atoms with E-state index >= 15 is 0 Å². The molecule has 13 aromatic rings. The third-order valence-corrected chi connectivity index (χ3v) is 12.6. The van der Waals surface area contributed by atoms with E-state index in [2.05, 4.69) is 214 Å². The molecule has 4 aromatic heterocycles. The van der Waals surface area contributed by atoms with Gasteiger partial charge in [0.25, 0.3) is 0 Å². The quantitative estimate of drug-likeness (QED) is 0.168. The van der Waals surface area contributed by atoms with E-state index in [4.69, 9.17) is 9.97 Å². The van der Waals surface area contributed by atoms with Gasteiger partial charge in [-0.3, -0.25) is 0 Å². The minimum absolute atomic E-state index is 0.692. The molecule has 0 radical (unpaired) electrons. The lowest BCUT2D eigenvalue weighted by atomic mass is 10.0. The Bertz CT molecular complexity index is 3820. The van der Waals surface area contributed by atoms with Crippen LogP contribution in [0.5, 0.6) is 0 Å². The minimum Gasteiger partial charge on any atom is -0.309 e. The summed E-state index contributed by atoms with van der Waals surface area (Å²) in [5, 5.41) is 7.21. The first kappa shape index (κ1) is 35.2. The van der Waals surface area contributed by atoms with Crippen LogP contribution in [0.4, 0.5) is 0 Å². The second-order valence-corrected chi connectivity index (χ2v) is 16.2. The highest BCUT2D eigenvalue weighted by atomic mass is 15.0. The maximum absolute atomic E-state index is 5.36. The molecule has 5 nitrogen and oxygen atoms in total. The molecule has 0 saturated heterocycles. The predicted molar refractivity (Wildman–Crippen MR) is 261 cm³/mol. The molecular weight excluding hydrogens is 767 g/mol. The first-order chi connectivity index (χ1) is 31.3. The molecule has 0 aliphatic rings. The highest BCUT2D eigenvalue weighted by Crippen LogP contribution is 2.45. The topological polar surface area (TPSA) is 40.6 Å². The molecule has 0 spiro atoms. The van der Waals surface area contributed by atoms with E-state index in [1.54, 1.807) is 0 Å². The molecule has 13 rings (SSSR count). The van der Waals surface area contributed by atoms with Crippen LogP contribution in [0.25, 0.3) is 116 Å². The Morgan fingerprint density at radius 3 is 1.52 bits per heavy atom. The van der Waals surface area contributed by atoms with Crippen LogP contribution in [-0.4, -0.2) is 23.7 Å². The summed E-state index contributed by atoms with van der Waals surface area (Å²) in [7, 11) is 0. The number of para-hydroxylation sites is 5. The Morgan fingerprint density at radius 1 is 0.286 bits per heavy atom. The fourth-order valence-corrected chi connectivity index (χ4v) is 9.94. The Morgan fingerprint density at radius 2 is 0.810 bits per heavy atom. The van der Waals surface area contributed by atoms with Gasteiger partial charge in [-0.05, 0) is 66.7 Å².